The van der Waals surface area contributed by atoms with Crippen LogP contribution in [0.15, 0.2) is 30.6 Å². The Morgan fingerprint density at radius 3 is 2.45 bits per heavy atom. The van der Waals surface area contributed by atoms with Crippen molar-refractivity contribution < 1.29 is 13.9 Å². The zero-order chi connectivity index (χ0) is 16.3. The van der Waals surface area contributed by atoms with Gasteiger partial charge in [-0.2, -0.15) is 0 Å². The molecule has 0 aliphatic heterocycles. The zero-order valence-corrected chi connectivity index (χ0v) is 13.0. The number of aliphatic hydroxyl groups is 1. The lowest BCUT2D eigenvalue weighted by Crippen LogP contribution is -2.38. The van der Waals surface area contributed by atoms with E-state index in [-0.39, 0.29) is 24.8 Å². The van der Waals surface area contributed by atoms with Crippen LogP contribution in [0.25, 0.3) is 0 Å². The molecule has 6 heteroatoms. The minimum Gasteiger partial charge on any atom is -0.396 e. The van der Waals surface area contributed by atoms with Gasteiger partial charge in [-0.25, -0.2) is 13.8 Å². The van der Waals surface area contributed by atoms with Gasteiger partial charge in [-0.3, -0.25) is 0 Å². The maximum Gasteiger partial charge on any atom is 0.130 e. The number of benzene rings is 1. The van der Waals surface area contributed by atoms with Gasteiger partial charge in [0.2, 0.25) is 0 Å². The second-order valence-corrected chi connectivity index (χ2v) is 6.06. The van der Waals surface area contributed by atoms with Gasteiger partial charge in [-0.05, 0) is 12.1 Å². The highest BCUT2D eigenvalue weighted by Gasteiger charge is 2.33. The van der Waals surface area contributed by atoms with Crippen molar-refractivity contribution in [3.63, 3.8) is 0 Å². The third-order valence-corrected chi connectivity index (χ3v) is 3.85. The van der Waals surface area contributed by atoms with Gasteiger partial charge in [0.1, 0.15) is 17.5 Å². The molecule has 2 aromatic rings. The fraction of sp³-hybridized carbons (Fsp3) is 0.438. The number of imidazole rings is 1. The minimum atomic E-state index is -0.590. The van der Waals surface area contributed by atoms with Gasteiger partial charge in [0.05, 0.1) is 12.6 Å². The first kappa shape index (κ1) is 16.6. The molecule has 1 heterocycles. The Kier molecular flexibility index (Phi) is 4.93. The van der Waals surface area contributed by atoms with E-state index < -0.39 is 17.0 Å². The van der Waals surface area contributed by atoms with E-state index in [0.717, 1.165) is 0 Å². The monoisotopic (exact) mass is 309 g/mol. The fourth-order valence-corrected chi connectivity index (χ4v) is 2.37. The number of nitrogens with zero attached hydrogens (tertiary/aromatic N) is 2. The number of aromatic nitrogens is 2. The predicted molar refractivity (Wildman–Crippen MR) is 80.0 cm³/mol. The Hall–Kier alpha value is -1.79. The van der Waals surface area contributed by atoms with Crippen molar-refractivity contribution in [1.29, 1.82) is 0 Å². The molecule has 0 amide bonds. The maximum atomic E-state index is 13.8. The molecule has 1 aromatic heterocycles. The smallest absolute Gasteiger partial charge is 0.130 e. The van der Waals surface area contributed by atoms with Crippen molar-refractivity contribution in [2.45, 2.75) is 26.4 Å². The molecule has 22 heavy (non-hydrogen) atoms. The molecule has 1 atom stereocenters. The number of nitrogens with one attached hydrogen (secondary N) is 1. The van der Waals surface area contributed by atoms with E-state index in [2.05, 4.69) is 10.3 Å². The van der Waals surface area contributed by atoms with Gasteiger partial charge in [-0.15, -0.1) is 0 Å². The van der Waals surface area contributed by atoms with Gasteiger partial charge in [0.15, 0.2) is 0 Å². The summed E-state index contributed by atoms with van der Waals surface area (Å²) < 4.78 is 29.3. The number of hydrogen-bond acceptors (Lipinski definition) is 3. The Morgan fingerprint density at radius 1 is 1.32 bits per heavy atom. The number of hydrogen-bond donors (Lipinski definition) is 2. The first-order valence-electron chi connectivity index (χ1n) is 7.11. The van der Waals surface area contributed by atoms with Crippen LogP contribution in [0.3, 0.4) is 0 Å². The predicted octanol–water partition coefficient (Wildman–Crippen LogP) is 2.55. The first-order chi connectivity index (χ1) is 10.4. The Bertz CT molecular complexity index is 620. The van der Waals surface area contributed by atoms with Crippen LogP contribution in [0, 0.1) is 17.0 Å². The summed E-state index contributed by atoms with van der Waals surface area (Å²) in [7, 11) is 1.84. The number of aliphatic hydroxyl groups excluding tert-OH is 1. The van der Waals surface area contributed by atoms with E-state index in [4.69, 9.17) is 0 Å². The van der Waals surface area contributed by atoms with E-state index in [0.29, 0.717) is 5.82 Å². The summed E-state index contributed by atoms with van der Waals surface area (Å²) in [6, 6.07) is 3.44. The van der Waals surface area contributed by atoms with Gasteiger partial charge >= 0.3 is 0 Å². The molecular weight excluding hydrogens is 288 g/mol. The summed E-state index contributed by atoms with van der Waals surface area (Å²) in [5.74, 6) is -0.475. The summed E-state index contributed by atoms with van der Waals surface area (Å²) in [4.78, 5) is 4.29. The molecule has 0 fully saturated rings. The van der Waals surface area contributed by atoms with Gasteiger partial charge in [0.25, 0.3) is 0 Å². The van der Waals surface area contributed by atoms with Crippen LogP contribution in [0.5, 0.6) is 0 Å². The molecule has 2 rings (SSSR count). The van der Waals surface area contributed by atoms with Gasteiger partial charge in [-0.1, -0.05) is 19.9 Å². The highest BCUT2D eigenvalue weighted by molar-refractivity contribution is 5.20. The summed E-state index contributed by atoms with van der Waals surface area (Å²) >= 11 is 0. The Balaban J connectivity index is 2.27. The molecule has 0 saturated heterocycles. The maximum absolute atomic E-state index is 13.8. The van der Waals surface area contributed by atoms with Crippen molar-refractivity contribution in [2.24, 2.45) is 12.5 Å². The standard InChI is InChI=1S/C16H21F2N3O/c1-16(2,10-22)14(15-19-7-8-21(15)3)20-9-11-12(17)5-4-6-13(11)18/h4-8,14,20,22H,9-10H2,1-3H3/t14-/m0/s1. The van der Waals surface area contributed by atoms with E-state index >= 15 is 0 Å². The molecular formula is C16H21F2N3O. The van der Waals surface area contributed by atoms with Crippen molar-refractivity contribution in [2.75, 3.05) is 6.61 Å². The molecule has 120 valence electrons. The second kappa shape index (κ2) is 6.54. The van der Waals surface area contributed by atoms with Crippen LogP contribution >= 0.6 is 0 Å². The third kappa shape index (κ3) is 3.34. The van der Waals surface area contributed by atoms with Crippen molar-refractivity contribution in [3.05, 3.63) is 53.6 Å². The van der Waals surface area contributed by atoms with Crippen LogP contribution in [-0.2, 0) is 13.6 Å². The average Bonchev–Trinajstić information content (AvgIpc) is 2.88. The molecule has 4 nitrogen and oxygen atoms in total. The largest absolute Gasteiger partial charge is 0.396 e. The summed E-state index contributed by atoms with van der Waals surface area (Å²) in [6.07, 6.45) is 3.45. The van der Waals surface area contributed by atoms with Crippen LogP contribution in [0.1, 0.15) is 31.3 Å². The summed E-state index contributed by atoms with van der Waals surface area (Å²) in [5, 5.41) is 12.8. The van der Waals surface area contributed by atoms with Crippen LogP contribution in [0.4, 0.5) is 8.78 Å². The Labute approximate surface area is 128 Å². The number of halogens is 2. The van der Waals surface area contributed by atoms with E-state index in [1.54, 1.807) is 12.4 Å². The Morgan fingerprint density at radius 2 is 1.95 bits per heavy atom. The molecule has 0 spiro atoms. The average molecular weight is 309 g/mol. The van der Waals surface area contributed by atoms with Crippen LogP contribution in [-0.4, -0.2) is 21.3 Å². The molecule has 0 bridgehead atoms. The second-order valence-electron chi connectivity index (χ2n) is 6.06. The lowest BCUT2D eigenvalue weighted by atomic mass is 9.84. The molecule has 0 aliphatic carbocycles. The zero-order valence-electron chi connectivity index (χ0n) is 13.0. The fourth-order valence-electron chi connectivity index (χ4n) is 2.37. The van der Waals surface area contributed by atoms with E-state index in [9.17, 15) is 13.9 Å². The molecule has 0 unspecified atom stereocenters. The number of aryl methyl sites for hydroxylation is 1. The lowest BCUT2D eigenvalue weighted by Gasteiger charge is -2.33. The highest BCUT2D eigenvalue weighted by atomic mass is 19.1. The van der Waals surface area contributed by atoms with Crippen molar-refractivity contribution in [3.8, 4) is 0 Å². The molecule has 0 radical (unpaired) electrons. The molecule has 2 N–H and O–H groups in total. The highest BCUT2D eigenvalue weighted by Crippen LogP contribution is 2.32. The lowest BCUT2D eigenvalue weighted by molar-refractivity contribution is 0.109. The molecule has 1 aromatic carbocycles. The van der Waals surface area contributed by atoms with Crippen molar-refractivity contribution in [1.82, 2.24) is 14.9 Å². The quantitative estimate of drug-likeness (QED) is 0.862. The third-order valence-electron chi connectivity index (χ3n) is 3.85. The SMILES string of the molecule is Cn1ccnc1[C@H](NCc1c(F)cccc1F)C(C)(C)CO. The van der Waals surface area contributed by atoms with Crippen LogP contribution < -0.4 is 5.32 Å². The first-order valence-corrected chi connectivity index (χ1v) is 7.11. The minimum absolute atomic E-state index is 0.0134. The van der Waals surface area contributed by atoms with E-state index in [1.807, 2.05) is 25.5 Å². The number of rotatable bonds is 6. The van der Waals surface area contributed by atoms with Gasteiger partial charge < -0.3 is 15.0 Å². The van der Waals surface area contributed by atoms with Crippen LogP contribution in [0.2, 0.25) is 0 Å². The molecule has 0 saturated carbocycles. The molecule has 0 aliphatic rings. The summed E-state index contributed by atoms with van der Waals surface area (Å²) in [5.41, 5.74) is -0.559. The topological polar surface area (TPSA) is 50.1 Å². The normalized spacial score (nSPS) is 13.4. The van der Waals surface area contributed by atoms with E-state index in [1.165, 1.54) is 18.2 Å². The van der Waals surface area contributed by atoms with Gasteiger partial charge in [0, 0.05) is 37.0 Å². The summed E-state index contributed by atoms with van der Waals surface area (Å²) in [6.45, 7) is 3.67. The van der Waals surface area contributed by atoms with Crippen molar-refractivity contribution >= 4 is 0 Å².